The van der Waals surface area contributed by atoms with Gasteiger partial charge in [-0.05, 0) is 36.4 Å². The second kappa shape index (κ2) is 10.1. The first kappa shape index (κ1) is 22.3. The zero-order valence-electron chi connectivity index (χ0n) is 17.7. The molecule has 2 aromatic carbocycles. The predicted molar refractivity (Wildman–Crippen MR) is 129 cm³/mol. The zero-order valence-corrected chi connectivity index (χ0v) is 18.5. The number of morpholine rings is 1. The molecule has 166 valence electrons. The summed E-state index contributed by atoms with van der Waals surface area (Å²) >= 11 is 6.38. The first-order valence-electron chi connectivity index (χ1n) is 10.3. The molecule has 1 fully saturated rings. The van der Waals surface area contributed by atoms with Crippen molar-refractivity contribution in [1.82, 2.24) is 9.97 Å². The number of aromatic nitrogens is 2. The van der Waals surface area contributed by atoms with Gasteiger partial charge < -0.3 is 20.3 Å². The van der Waals surface area contributed by atoms with E-state index >= 15 is 0 Å². The molecule has 9 heteroatoms. The molecule has 2 heterocycles. The fourth-order valence-electron chi connectivity index (χ4n) is 3.44. The van der Waals surface area contributed by atoms with E-state index in [1.54, 1.807) is 18.2 Å². The van der Waals surface area contributed by atoms with Crippen LogP contribution in [0.2, 0.25) is 5.02 Å². The topological polar surface area (TPSA) is 103 Å². The summed E-state index contributed by atoms with van der Waals surface area (Å²) in [4.78, 5) is 22.9. The maximum absolute atomic E-state index is 11.8. The summed E-state index contributed by atoms with van der Waals surface area (Å²) in [6.45, 7) is 6.54. The largest absolute Gasteiger partial charge is 0.378 e. The van der Waals surface area contributed by atoms with Crippen molar-refractivity contribution < 1.29 is 9.53 Å². The standard InChI is InChI=1S/C24H21ClN6O2/c1-2-22(32)29-21-12-16(6-7-17(21)14-26)23-20(25)15-27-24(30-23)28-18-4-3-5-19(13-18)31-8-10-33-11-9-31/h2-7,12-13,15H,1,8-11H2,(H,29,32)(H,27,28,30). The SMILES string of the molecule is C=CC(=O)Nc1cc(-c2nc(Nc3cccc(N4CCOCC4)c3)ncc2Cl)ccc1C#N. The van der Waals surface area contributed by atoms with E-state index in [0.29, 0.717) is 46.7 Å². The molecule has 1 saturated heterocycles. The van der Waals surface area contributed by atoms with Crippen molar-refractivity contribution in [1.29, 1.82) is 5.26 Å². The first-order chi connectivity index (χ1) is 16.1. The van der Waals surface area contributed by atoms with E-state index in [9.17, 15) is 10.1 Å². The molecular formula is C24H21ClN6O2. The molecule has 0 radical (unpaired) electrons. The van der Waals surface area contributed by atoms with E-state index in [1.165, 1.54) is 6.20 Å². The summed E-state index contributed by atoms with van der Waals surface area (Å²) in [5.74, 6) is -0.0468. The normalized spacial score (nSPS) is 13.2. The number of benzene rings is 2. The van der Waals surface area contributed by atoms with E-state index < -0.39 is 5.91 Å². The van der Waals surface area contributed by atoms with Gasteiger partial charge in [-0.1, -0.05) is 30.3 Å². The molecule has 0 atom stereocenters. The van der Waals surface area contributed by atoms with Gasteiger partial charge in [-0.2, -0.15) is 5.26 Å². The van der Waals surface area contributed by atoms with Crippen LogP contribution >= 0.6 is 11.6 Å². The number of hydrogen-bond donors (Lipinski definition) is 2. The number of nitriles is 1. The highest BCUT2D eigenvalue weighted by Gasteiger charge is 2.14. The number of nitrogens with zero attached hydrogens (tertiary/aromatic N) is 4. The second-order valence-electron chi connectivity index (χ2n) is 7.23. The molecule has 0 aliphatic carbocycles. The van der Waals surface area contributed by atoms with E-state index in [-0.39, 0.29) is 0 Å². The van der Waals surface area contributed by atoms with Crippen LogP contribution in [0, 0.1) is 11.3 Å². The third-order valence-corrected chi connectivity index (χ3v) is 5.36. The molecule has 0 unspecified atom stereocenters. The van der Waals surface area contributed by atoms with Gasteiger partial charge >= 0.3 is 0 Å². The quantitative estimate of drug-likeness (QED) is 0.526. The van der Waals surface area contributed by atoms with Crippen molar-refractivity contribution in [3.63, 3.8) is 0 Å². The highest BCUT2D eigenvalue weighted by molar-refractivity contribution is 6.33. The van der Waals surface area contributed by atoms with Gasteiger partial charge in [0.1, 0.15) is 6.07 Å². The molecule has 1 aromatic heterocycles. The van der Waals surface area contributed by atoms with Crippen LogP contribution in [0.5, 0.6) is 0 Å². The van der Waals surface area contributed by atoms with Crippen LogP contribution in [0.1, 0.15) is 5.56 Å². The monoisotopic (exact) mass is 460 g/mol. The van der Waals surface area contributed by atoms with Crippen molar-refractivity contribution in [2.45, 2.75) is 0 Å². The number of nitrogens with one attached hydrogen (secondary N) is 2. The fourth-order valence-corrected chi connectivity index (χ4v) is 3.64. The van der Waals surface area contributed by atoms with Gasteiger partial charge in [0, 0.05) is 30.0 Å². The van der Waals surface area contributed by atoms with Crippen LogP contribution in [0.4, 0.5) is 23.0 Å². The summed E-state index contributed by atoms with van der Waals surface area (Å²) in [6, 6.07) is 15.0. The Labute approximate surface area is 196 Å². The van der Waals surface area contributed by atoms with Crippen LogP contribution in [0.15, 0.2) is 61.3 Å². The number of carbonyl (C=O) groups excluding carboxylic acids is 1. The number of amides is 1. The van der Waals surface area contributed by atoms with Gasteiger partial charge in [-0.15, -0.1) is 0 Å². The lowest BCUT2D eigenvalue weighted by Crippen LogP contribution is -2.36. The zero-order chi connectivity index (χ0) is 23.2. The molecule has 3 aromatic rings. The van der Waals surface area contributed by atoms with Crippen molar-refractivity contribution >= 4 is 40.5 Å². The Bertz CT molecular complexity index is 1230. The maximum atomic E-state index is 11.8. The number of ether oxygens (including phenoxy) is 1. The van der Waals surface area contributed by atoms with Gasteiger partial charge in [0.15, 0.2) is 0 Å². The Balaban J connectivity index is 1.61. The average Bonchev–Trinajstić information content (AvgIpc) is 2.86. The number of rotatable bonds is 6. The van der Waals surface area contributed by atoms with Crippen LogP contribution in [-0.2, 0) is 9.53 Å². The Morgan fingerprint density at radius 2 is 2.06 bits per heavy atom. The third-order valence-electron chi connectivity index (χ3n) is 5.08. The van der Waals surface area contributed by atoms with E-state index in [4.69, 9.17) is 16.3 Å². The van der Waals surface area contributed by atoms with Gasteiger partial charge in [0.05, 0.1) is 41.4 Å². The molecule has 0 bridgehead atoms. The minimum Gasteiger partial charge on any atom is -0.378 e. The fraction of sp³-hybridized carbons (Fsp3) is 0.167. The summed E-state index contributed by atoms with van der Waals surface area (Å²) in [6.07, 6.45) is 2.65. The summed E-state index contributed by atoms with van der Waals surface area (Å²) in [5, 5.41) is 15.5. The van der Waals surface area contributed by atoms with Gasteiger partial charge in [-0.25, -0.2) is 9.97 Å². The van der Waals surface area contributed by atoms with Gasteiger partial charge in [-0.3, -0.25) is 4.79 Å². The summed E-state index contributed by atoms with van der Waals surface area (Å²) in [5.41, 5.74) is 3.70. The molecule has 2 N–H and O–H groups in total. The van der Waals surface area contributed by atoms with Crippen molar-refractivity contribution in [3.05, 3.63) is 71.9 Å². The lowest BCUT2D eigenvalue weighted by atomic mass is 10.1. The van der Waals surface area contributed by atoms with Crippen LogP contribution in [-0.4, -0.2) is 42.2 Å². The molecule has 0 saturated carbocycles. The Morgan fingerprint density at radius 1 is 1.24 bits per heavy atom. The highest BCUT2D eigenvalue weighted by Crippen LogP contribution is 2.31. The smallest absolute Gasteiger partial charge is 0.247 e. The summed E-state index contributed by atoms with van der Waals surface area (Å²) in [7, 11) is 0. The molecular weight excluding hydrogens is 440 g/mol. The Hall–Kier alpha value is -3.93. The minimum absolute atomic E-state index is 0.317. The maximum Gasteiger partial charge on any atom is 0.247 e. The lowest BCUT2D eigenvalue weighted by molar-refractivity contribution is -0.111. The van der Waals surface area contributed by atoms with Gasteiger partial charge in [0.25, 0.3) is 0 Å². The van der Waals surface area contributed by atoms with E-state index in [2.05, 4.69) is 44.2 Å². The van der Waals surface area contributed by atoms with Crippen LogP contribution in [0.3, 0.4) is 0 Å². The average molecular weight is 461 g/mol. The molecule has 1 aliphatic rings. The third kappa shape index (κ3) is 5.29. The molecule has 33 heavy (non-hydrogen) atoms. The highest BCUT2D eigenvalue weighted by atomic mass is 35.5. The Morgan fingerprint density at radius 3 is 2.82 bits per heavy atom. The minimum atomic E-state index is -0.417. The molecule has 1 amide bonds. The second-order valence-corrected chi connectivity index (χ2v) is 7.64. The van der Waals surface area contributed by atoms with Crippen molar-refractivity contribution in [2.24, 2.45) is 0 Å². The first-order valence-corrected chi connectivity index (χ1v) is 10.7. The number of hydrogen-bond acceptors (Lipinski definition) is 7. The van der Waals surface area contributed by atoms with E-state index in [0.717, 1.165) is 30.5 Å². The number of carbonyl (C=O) groups is 1. The summed E-state index contributed by atoms with van der Waals surface area (Å²) < 4.78 is 5.43. The number of anilines is 4. The predicted octanol–water partition coefficient (Wildman–Crippen LogP) is 4.37. The van der Waals surface area contributed by atoms with Crippen LogP contribution in [0.25, 0.3) is 11.3 Å². The molecule has 4 rings (SSSR count). The van der Waals surface area contributed by atoms with Crippen molar-refractivity contribution in [2.75, 3.05) is 41.8 Å². The molecule has 1 aliphatic heterocycles. The molecule has 0 spiro atoms. The lowest BCUT2D eigenvalue weighted by Gasteiger charge is -2.29. The Kier molecular flexibility index (Phi) is 6.83. The van der Waals surface area contributed by atoms with Crippen LogP contribution < -0.4 is 15.5 Å². The number of halogens is 1. The van der Waals surface area contributed by atoms with E-state index in [1.807, 2.05) is 18.2 Å². The molecule has 8 nitrogen and oxygen atoms in total. The van der Waals surface area contributed by atoms with Crippen molar-refractivity contribution in [3.8, 4) is 17.3 Å². The van der Waals surface area contributed by atoms with Gasteiger partial charge in [0.2, 0.25) is 11.9 Å².